The summed E-state index contributed by atoms with van der Waals surface area (Å²) < 4.78 is 5.48. The van der Waals surface area contributed by atoms with Crippen LogP contribution in [0, 0.1) is 6.92 Å². The Morgan fingerprint density at radius 1 is 1.17 bits per heavy atom. The molecule has 29 heavy (non-hydrogen) atoms. The lowest BCUT2D eigenvalue weighted by Gasteiger charge is -2.21. The zero-order valence-corrected chi connectivity index (χ0v) is 16.7. The number of rotatable bonds is 4. The van der Waals surface area contributed by atoms with Crippen LogP contribution in [0.3, 0.4) is 0 Å². The smallest absolute Gasteiger partial charge is 0.339 e. The molecule has 0 radical (unpaired) electrons. The summed E-state index contributed by atoms with van der Waals surface area (Å²) in [4.78, 5) is 41.9. The number of nitrogens with zero attached hydrogens (tertiary/aromatic N) is 1. The lowest BCUT2D eigenvalue weighted by molar-refractivity contribution is -0.127. The number of hydrogen-bond donors (Lipinski definition) is 2. The highest BCUT2D eigenvalue weighted by Crippen LogP contribution is 2.30. The normalized spacial score (nSPS) is 16.6. The molecular weight excluding hydrogens is 370 g/mol. The van der Waals surface area contributed by atoms with Gasteiger partial charge < -0.3 is 10.1 Å². The molecule has 4 rings (SSSR count). The number of hydrogen-bond acceptors (Lipinski definition) is 5. The van der Waals surface area contributed by atoms with E-state index in [1.54, 1.807) is 0 Å². The van der Waals surface area contributed by atoms with E-state index in [4.69, 9.17) is 9.72 Å². The van der Waals surface area contributed by atoms with Crippen LogP contribution in [0.25, 0.3) is 10.9 Å². The third kappa shape index (κ3) is 4.23. The van der Waals surface area contributed by atoms with E-state index in [2.05, 4.69) is 10.6 Å². The van der Waals surface area contributed by atoms with Crippen molar-refractivity contribution >= 4 is 28.8 Å². The van der Waals surface area contributed by atoms with Crippen LogP contribution in [0.5, 0.6) is 0 Å². The van der Waals surface area contributed by atoms with Crippen LogP contribution < -0.4 is 10.6 Å². The first-order valence-electron chi connectivity index (χ1n) is 10.2. The first-order chi connectivity index (χ1) is 13.9. The quantitative estimate of drug-likeness (QED) is 0.776. The molecule has 1 saturated carbocycles. The Morgan fingerprint density at radius 2 is 1.93 bits per heavy atom. The van der Waals surface area contributed by atoms with Gasteiger partial charge in [0.2, 0.25) is 0 Å². The maximum atomic E-state index is 13.1. The van der Waals surface area contributed by atoms with E-state index in [0.717, 1.165) is 66.2 Å². The molecule has 1 aromatic heterocycles. The topological polar surface area (TPSA) is 97.4 Å². The van der Waals surface area contributed by atoms with E-state index in [-0.39, 0.29) is 6.04 Å². The van der Waals surface area contributed by atoms with Crippen molar-refractivity contribution in [2.75, 3.05) is 0 Å². The number of nitrogens with one attached hydrogen (secondary N) is 2. The van der Waals surface area contributed by atoms with E-state index in [1.165, 1.54) is 6.92 Å². The molecule has 1 heterocycles. The van der Waals surface area contributed by atoms with Gasteiger partial charge in [0.15, 0.2) is 6.10 Å². The number of fused-ring (bicyclic) bond motifs is 2. The fourth-order valence-electron chi connectivity index (χ4n) is 3.71. The van der Waals surface area contributed by atoms with E-state index < -0.39 is 24.0 Å². The van der Waals surface area contributed by atoms with Crippen LogP contribution >= 0.6 is 0 Å². The van der Waals surface area contributed by atoms with Gasteiger partial charge in [-0.2, -0.15) is 0 Å². The second-order valence-corrected chi connectivity index (χ2v) is 7.92. The summed E-state index contributed by atoms with van der Waals surface area (Å²) in [5, 5.41) is 5.66. The van der Waals surface area contributed by atoms with Crippen molar-refractivity contribution in [1.29, 1.82) is 0 Å². The Labute approximate surface area is 169 Å². The van der Waals surface area contributed by atoms with Gasteiger partial charge in [-0.1, -0.05) is 11.6 Å². The number of urea groups is 1. The van der Waals surface area contributed by atoms with Crippen molar-refractivity contribution in [2.45, 2.75) is 64.5 Å². The molecule has 1 fully saturated rings. The number of aromatic nitrogens is 1. The van der Waals surface area contributed by atoms with Gasteiger partial charge in [-0.05, 0) is 70.1 Å². The Kier molecular flexibility index (Phi) is 5.22. The lowest BCUT2D eigenvalue weighted by Crippen LogP contribution is -2.45. The minimum Gasteiger partial charge on any atom is -0.449 e. The summed E-state index contributed by atoms with van der Waals surface area (Å²) in [7, 11) is 0. The first kappa shape index (κ1) is 19.4. The number of carbonyl (C=O) groups excluding carboxylic acids is 3. The average molecular weight is 395 g/mol. The average Bonchev–Trinajstić information content (AvgIpc) is 3.49. The number of benzene rings is 1. The predicted octanol–water partition coefficient (Wildman–Crippen LogP) is 2.96. The number of esters is 1. The third-order valence-corrected chi connectivity index (χ3v) is 5.42. The van der Waals surface area contributed by atoms with Crippen molar-refractivity contribution < 1.29 is 19.1 Å². The van der Waals surface area contributed by atoms with E-state index >= 15 is 0 Å². The molecule has 152 valence electrons. The molecule has 2 aromatic rings. The molecule has 2 N–H and O–H groups in total. The van der Waals surface area contributed by atoms with Crippen molar-refractivity contribution in [2.24, 2.45) is 0 Å². The Bertz CT molecular complexity index is 997. The maximum Gasteiger partial charge on any atom is 0.339 e. The molecule has 0 saturated heterocycles. The highest BCUT2D eigenvalue weighted by atomic mass is 16.5. The minimum atomic E-state index is -1.08. The number of aryl methyl sites for hydroxylation is 2. The van der Waals surface area contributed by atoms with Crippen molar-refractivity contribution in [3.8, 4) is 0 Å². The zero-order chi connectivity index (χ0) is 20.5. The molecule has 7 nitrogen and oxygen atoms in total. The lowest BCUT2D eigenvalue weighted by atomic mass is 9.89. The number of imide groups is 1. The van der Waals surface area contributed by atoms with Crippen LogP contribution in [0.2, 0.25) is 0 Å². The molecule has 1 atom stereocenters. The SMILES string of the molecule is Cc1ccc2nc3c(c(C(=O)O[C@H](C)C(=O)NC(=O)NC4CC4)c2c1)CCCC3. The summed E-state index contributed by atoms with van der Waals surface area (Å²) in [6.07, 6.45) is 4.39. The molecule has 2 aliphatic carbocycles. The second kappa shape index (κ2) is 7.81. The Balaban J connectivity index is 1.58. The van der Waals surface area contributed by atoms with Crippen molar-refractivity contribution in [3.63, 3.8) is 0 Å². The van der Waals surface area contributed by atoms with Gasteiger partial charge in [0.05, 0.1) is 11.1 Å². The van der Waals surface area contributed by atoms with Crippen LogP contribution in [0.1, 0.15) is 59.8 Å². The molecule has 0 aliphatic heterocycles. The molecule has 0 bridgehead atoms. The maximum absolute atomic E-state index is 13.1. The predicted molar refractivity (Wildman–Crippen MR) is 108 cm³/mol. The van der Waals surface area contributed by atoms with E-state index in [0.29, 0.717) is 5.56 Å². The van der Waals surface area contributed by atoms with Crippen LogP contribution in [0.4, 0.5) is 4.79 Å². The summed E-state index contributed by atoms with van der Waals surface area (Å²) in [5.41, 5.74) is 4.12. The monoisotopic (exact) mass is 395 g/mol. The fraction of sp³-hybridized carbons (Fsp3) is 0.455. The number of carbonyl (C=O) groups is 3. The zero-order valence-electron chi connectivity index (χ0n) is 16.7. The molecule has 2 aliphatic rings. The van der Waals surface area contributed by atoms with E-state index in [1.807, 2.05) is 25.1 Å². The molecule has 1 aromatic carbocycles. The number of pyridine rings is 1. The van der Waals surface area contributed by atoms with Gasteiger partial charge in [-0.25, -0.2) is 9.59 Å². The van der Waals surface area contributed by atoms with Crippen LogP contribution in [0.15, 0.2) is 18.2 Å². The highest BCUT2D eigenvalue weighted by molar-refractivity contribution is 6.06. The Morgan fingerprint density at radius 3 is 2.69 bits per heavy atom. The van der Waals surface area contributed by atoms with Gasteiger partial charge in [0.25, 0.3) is 5.91 Å². The molecule has 0 unspecified atom stereocenters. The number of amides is 3. The van der Waals surface area contributed by atoms with Crippen LogP contribution in [-0.2, 0) is 22.4 Å². The van der Waals surface area contributed by atoms with Crippen molar-refractivity contribution in [1.82, 2.24) is 15.6 Å². The fourth-order valence-corrected chi connectivity index (χ4v) is 3.71. The van der Waals surface area contributed by atoms with Gasteiger partial charge in [-0.3, -0.25) is 15.1 Å². The van der Waals surface area contributed by atoms with Gasteiger partial charge in [0, 0.05) is 17.1 Å². The molecule has 7 heteroatoms. The summed E-state index contributed by atoms with van der Waals surface area (Å²) in [6, 6.07) is 5.39. The molecule has 0 spiro atoms. The molecular formula is C22H25N3O4. The highest BCUT2D eigenvalue weighted by Gasteiger charge is 2.28. The minimum absolute atomic E-state index is 0.138. The number of ether oxygens (including phenoxy) is 1. The van der Waals surface area contributed by atoms with Gasteiger partial charge in [0.1, 0.15) is 0 Å². The second-order valence-electron chi connectivity index (χ2n) is 7.92. The van der Waals surface area contributed by atoms with Gasteiger partial charge >= 0.3 is 12.0 Å². The Hall–Kier alpha value is -2.96. The first-order valence-corrected chi connectivity index (χ1v) is 10.2. The summed E-state index contributed by atoms with van der Waals surface area (Å²) in [6.45, 7) is 3.43. The van der Waals surface area contributed by atoms with E-state index in [9.17, 15) is 14.4 Å². The largest absolute Gasteiger partial charge is 0.449 e. The standard InChI is InChI=1S/C22H25N3O4/c1-12-7-10-18-16(11-12)19(15-5-3-4-6-17(15)24-18)21(27)29-13(2)20(26)25-22(28)23-14-8-9-14/h7,10-11,13-14H,3-6,8-9H2,1-2H3,(H2,23,25,26,28)/t13-/m1/s1. The van der Waals surface area contributed by atoms with Crippen molar-refractivity contribution in [3.05, 3.63) is 40.6 Å². The van der Waals surface area contributed by atoms with Crippen LogP contribution in [-0.4, -0.2) is 35.0 Å². The van der Waals surface area contributed by atoms with Gasteiger partial charge in [-0.15, -0.1) is 0 Å². The summed E-state index contributed by atoms with van der Waals surface area (Å²) >= 11 is 0. The summed E-state index contributed by atoms with van der Waals surface area (Å²) in [5.74, 6) is -1.19. The third-order valence-electron chi connectivity index (χ3n) is 5.42. The molecule has 3 amide bonds.